The number of hydrogen-bond donors (Lipinski definition) is 2. The van der Waals surface area contributed by atoms with E-state index >= 15 is 0 Å². The van der Waals surface area contributed by atoms with Crippen LogP contribution in [0, 0.1) is 12.8 Å². The number of aromatic nitrogens is 3. The fourth-order valence-electron chi connectivity index (χ4n) is 4.01. The Morgan fingerprint density at radius 2 is 1.84 bits per heavy atom. The van der Waals surface area contributed by atoms with E-state index in [9.17, 15) is 0 Å². The van der Waals surface area contributed by atoms with Crippen LogP contribution in [0.1, 0.15) is 18.5 Å². The van der Waals surface area contributed by atoms with Gasteiger partial charge in [-0.05, 0) is 75.2 Å². The number of rotatable bonds is 6. The summed E-state index contributed by atoms with van der Waals surface area (Å²) in [6, 6.07) is 14.1. The average molecular weight is 418 g/mol. The molecule has 4 aromatic rings. The molecular weight excluding hydrogens is 392 g/mol. The van der Waals surface area contributed by atoms with Gasteiger partial charge in [0.2, 0.25) is 5.88 Å². The van der Waals surface area contributed by atoms with Gasteiger partial charge in [-0.15, -0.1) is 0 Å². The predicted octanol–water partition coefficient (Wildman–Crippen LogP) is 4.60. The van der Waals surface area contributed by atoms with Gasteiger partial charge in [0.1, 0.15) is 11.5 Å². The second kappa shape index (κ2) is 8.43. The minimum absolute atomic E-state index is 0.261. The lowest BCUT2D eigenvalue weighted by atomic mass is 9.99. The van der Waals surface area contributed by atoms with Crippen LogP contribution >= 0.6 is 0 Å². The molecule has 1 aliphatic rings. The van der Waals surface area contributed by atoms with Crippen LogP contribution in [0.3, 0.4) is 0 Å². The van der Waals surface area contributed by atoms with Gasteiger partial charge in [-0.1, -0.05) is 0 Å². The van der Waals surface area contributed by atoms with Crippen molar-refractivity contribution in [2.75, 3.05) is 26.8 Å². The monoisotopic (exact) mass is 418 g/mol. The van der Waals surface area contributed by atoms with Crippen LogP contribution in [-0.4, -0.2) is 41.8 Å². The van der Waals surface area contributed by atoms with Crippen LogP contribution in [0.15, 0.2) is 42.5 Å². The summed E-state index contributed by atoms with van der Waals surface area (Å²) in [5, 5.41) is 5.28. The quantitative estimate of drug-likeness (QED) is 0.476. The van der Waals surface area contributed by atoms with Crippen LogP contribution in [0.5, 0.6) is 23.4 Å². The Balaban J connectivity index is 1.42. The van der Waals surface area contributed by atoms with Crippen LogP contribution in [0.4, 0.5) is 0 Å². The van der Waals surface area contributed by atoms with E-state index in [1.165, 1.54) is 0 Å². The largest absolute Gasteiger partial charge is 0.493 e. The Morgan fingerprint density at radius 3 is 2.68 bits per heavy atom. The molecule has 160 valence electrons. The van der Waals surface area contributed by atoms with Gasteiger partial charge in [-0.2, -0.15) is 9.97 Å². The Kier molecular flexibility index (Phi) is 5.34. The first-order valence-electron chi connectivity index (χ1n) is 10.6. The molecule has 1 fully saturated rings. The molecule has 0 spiro atoms. The van der Waals surface area contributed by atoms with Gasteiger partial charge in [0.25, 0.3) is 0 Å². The molecule has 31 heavy (non-hydrogen) atoms. The van der Waals surface area contributed by atoms with Gasteiger partial charge in [0.05, 0.1) is 24.6 Å². The normalized spacial score (nSPS) is 14.8. The molecule has 1 saturated heterocycles. The number of ether oxygens (including phenoxy) is 3. The van der Waals surface area contributed by atoms with Gasteiger partial charge in [0, 0.05) is 22.7 Å². The molecule has 2 N–H and O–H groups in total. The fourth-order valence-corrected chi connectivity index (χ4v) is 4.01. The van der Waals surface area contributed by atoms with Crippen molar-refractivity contribution >= 4 is 21.8 Å². The number of aryl methyl sites for hydroxylation is 1. The molecule has 3 heterocycles. The average Bonchev–Trinajstić information content (AvgIpc) is 3.17. The third-order valence-electron chi connectivity index (χ3n) is 5.68. The highest BCUT2D eigenvalue weighted by molar-refractivity contribution is 5.86. The zero-order valence-electron chi connectivity index (χ0n) is 17.8. The van der Waals surface area contributed by atoms with Crippen molar-refractivity contribution < 1.29 is 14.2 Å². The summed E-state index contributed by atoms with van der Waals surface area (Å²) in [5.74, 6) is 2.54. The van der Waals surface area contributed by atoms with Crippen molar-refractivity contribution in [2.24, 2.45) is 5.92 Å². The van der Waals surface area contributed by atoms with Gasteiger partial charge in [-0.25, -0.2) is 0 Å². The van der Waals surface area contributed by atoms with Crippen LogP contribution in [-0.2, 0) is 0 Å². The number of H-pyrrole nitrogens is 1. The number of methoxy groups -OCH3 is 1. The van der Waals surface area contributed by atoms with Crippen molar-refractivity contribution in [3.8, 4) is 23.4 Å². The molecule has 0 aliphatic carbocycles. The molecule has 0 saturated carbocycles. The van der Waals surface area contributed by atoms with E-state index in [-0.39, 0.29) is 6.01 Å². The highest BCUT2D eigenvalue weighted by Gasteiger charge is 2.15. The second-order valence-corrected chi connectivity index (χ2v) is 8.00. The van der Waals surface area contributed by atoms with Gasteiger partial charge >= 0.3 is 6.01 Å². The Hall–Kier alpha value is -3.32. The van der Waals surface area contributed by atoms with E-state index < -0.39 is 0 Å². The minimum Gasteiger partial charge on any atom is -0.493 e. The summed E-state index contributed by atoms with van der Waals surface area (Å²) in [4.78, 5) is 12.3. The smallest absolute Gasteiger partial charge is 0.320 e. The van der Waals surface area contributed by atoms with Crippen molar-refractivity contribution in [2.45, 2.75) is 19.8 Å². The lowest BCUT2D eigenvalue weighted by molar-refractivity contribution is 0.215. The molecular formula is C24H26N4O3. The number of nitrogens with zero attached hydrogens (tertiary/aromatic N) is 2. The second-order valence-electron chi connectivity index (χ2n) is 8.00. The molecule has 7 nitrogen and oxygen atoms in total. The first-order valence-corrected chi connectivity index (χ1v) is 10.6. The third kappa shape index (κ3) is 4.27. The number of nitrogens with one attached hydrogen (secondary N) is 2. The number of piperidine rings is 1. The summed E-state index contributed by atoms with van der Waals surface area (Å²) in [7, 11) is 1.55. The van der Waals surface area contributed by atoms with E-state index in [1.54, 1.807) is 7.11 Å². The van der Waals surface area contributed by atoms with Crippen molar-refractivity contribution in [1.29, 1.82) is 0 Å². The number of hydrogen-bond acceptors (Lipinski definition) is 6. The summed E-state index contributed by atoms with van der Waals surface area (Å²) in [5.41, 5.74) is 2.91. The third-order valence-corrected chi connectivity index (χ3v) is 5.68. The van der Waals surface area contributed by atoms with Crippen molar-refractivity contribution in [3.05, 3.63) is 48.2 Å². The first-order chi connectivity index (χ1) is 15.2. The molecule has 0 amide bonds. The molecule has 0 unspecified atom stereocenters. The maximum atomic E-state index is 6.15. The van der Waals surface area contributed by atoms with Crippen LogP contribution in [0.25, 0.3) is 21.8 Å². The van der Waals surface area contributed by atoms with E-state index in [0.717, 1.165) is 65.8 Å². The van der Waals surface area contributed by atoms with Gasteiger partial charge in [-0.3, -0.25) is 0 Å². The molecule has 2 aromatic heterocycles. The first kappa shape index (κ1) is 19.6. The van der Waals surface area contributed by atoms with E-state index in [0.29, 0.717) is 17.5 Å². The van der Waals surface area contributed by atoms with Crippen LogP contribution in [0.2, 0.25) is 0 Å². The maximum Gasteiger partial charge on any atom is 0.320 e. The minimum atomic E-state index is 0.261. The number of fused-ring (bicyclic) bond motifs is 2. The Bertz CT molecular complexity index is 1210. The summed E-state index contributed by atoms with van der Waals surface area (Å²) >= 11 is 0. The topological polar surface area (TPSA) is 81.3 Å². The zero-order valence-corrected chi connectivity index (χ0v) is 17.8. The standard InChI is InChI=1S/C24H26N4O3/c1-15-11-17-12-19(4-6-21(17)26-15)31-23-20-5-3-18(13-22(20)27-24(28-23)29-2)30-14-16-7-9-25-10-8-16/h3-6,11-13,16,25-26H,7-10,14H2,1-2H3. The molecule has 0 bridgehead atoms. The Labute approximate surface area is 180 Å². The van der Waals surface area contributed by atoms with E-state index in [1.807, 2.05) is 43.3 Å². The Morgan fingerprint density at radius 1 is 1.00 bits per heavy atom. The summed E-state index contributed by atoms with van der Waals surface area (Å²) in [6.45, 7) is 4.87. The molecule has 1 aliphatic heterocycles. The van der Waals surface area contributed by atoms with E-state index in [4.69, 9.17) is 14.2 Å². The van der Waals surface area contributed by atoms with Crippen LogP contribution < -0.4 is 19.5 Å². The molecule has 0 atom stereocenters. The van der Waals surface area contributed by atoms with E-state index in [2.05, 4.69) is 26.3 Å². The predicted molar refractivity (Wildman–Crippen MR) is 120 cm³/mol. The zero-order chi connectivity index (χ0) is 21.2. The summed E-state index contributed by atoms with van der Waals surface area (Å²) < 4.78 is 17.5. The highest BCUT2D eigenvalue weighted by atomic mass is 16.5. The van der Waals surface area contributed by atoms with Gasteiger partial charge in [0.15, 0.2) is 0 Å². The number of benzene rings is 2. The highest BCUT2D eigenvalue weighted by Crippen LogP contribution is 2.33. The lowest BCUT2D eigenvalue weighted by Gasteiger charge is -2.22. The fraction of sp³-hybridized carbons (Fsp3) is 0.333. The molecule has 2 aromatic carbocycles. The number of aromatic amines is 1. The lowest BCUT2D eigenvalue weighted by Crippen LogP contribution is -2.30. The van der Waals surface area contributed by atoms with Crippen molar-refractivity contribution in [1.82, 2.24) is 20.3 Å². The van der Waals surface area contributed by atoms with Gasteiger partial charge < -0.3 is 24.5 Å². The molecule has 0 radical (unpaired) electrons. The SMILES string of the molecule is COc1nc(Oc2ccc3[nH]c(C)cc3c2)c2ccc(OCC3CCNCC3)cc2n1. The molecule has 7 heteroatoms. The summed E-state index contributed by atoms with van der Waals surface area (Å²) in [6.07, 6.45) is 2.29. The van der Waals surface area contributed by atoms with Crippen molar-refractivity contribution in [3.63, 3.8) is 0 Å². The maximum absolute atomic E-state index is 6.15. The molecule has 5 rings (SSSR count).